The van der Waals surface area contributed by atoms with Crippen molar-refractivity contribution in [2.75, 3.05) is 38.2 Å². The third-order valence-corrected chi connectivity index (χ3v) is 7.47. The van der Waals surface area contributed by atoms with Gasteiger partial charge < -0.3 is 19.5 Å². The van der Waals surface area contributed by atoms with Crippen molar-refractivity contribution in [1.29, 1.82) is 0 Å². The summed E-state index contributed by atoms with van der Waals surface area (Å²) in [5, 5.41) is 2.74. The lowest BCUT2D eigenvalue weighted by Gasteiger charge is -2.25. The average molecular weight is 527 g/mol. The minimum absolute atomic E-state index is 0.0480. The predicted molar refractivity (Wildman–Crippen MR) is 144 cm³/mol. The Bertz CT molecular complexity index is 1290. The van der Waals surface area contributed by atoms with Crippen LogP contribution in [0.5, 0.6) is 17.2 Å². The number of rotatable bonds is 11. The summed E-state index contributed by atoms with van der Waals surface area (Å²) >= 11 is 0. The Morgan fingerprint density at radius 2 is 1.54 bits per heavy atom. The van der Waals surface area contributed by atoms with Crippen LogP contribution >= 0.6 is 0 Å². The number of benzene rings is 3. The fourth-order valence-electron chi connectivity index (χ4n) is 3.61. The van der Waals surface area contributed by atoms with E-state index in [0.717, 1.165) is 4.31 Å². The number of ether oxygens (including phenoxy) is 3. The van der Waals surface area contributed by atoms with Crippen LogP contribution in [0.4, 0.5) is 5.69 Å². The Kier molecular flexibility index (Phi) is 9.04. The second-order valence-electron chi connectivity index (χ2n) is 9.34. The molecule has 3 aromatic rings. The van der Waals surface area contributed by atoms with E-state index in [4.69, 9.17) is 14.2 Å². The van der Waals surface area contributed by atoms with Gasteiger partial charge in [0.1, 0.15) is 18.9 Å². The van der Waals surface area contributed by atoms with Gasteiger partial charge in [-0.2, -0.15) is 0 Å². The van der Waals surface area contributed by atoms with E-state index in [1.54, 1.807) is 30.3 Å². The highest BCUT2D eigenvalue weighted by Crippen LogP contribution is 2.33. The molecule has 8 nitrogen and oxygen atoms in total. The molecule has 0 saturated heterocycles. The molecule has 1 N–H and O–H groups in total. The summed E-state index contributed by atoms with van der Waals surface area (Å²) in [4.78, 5) is 12.9. The molecule has 1 amide bonds. The summed E-state index contributed by atoms with van der Waals surface area (Å²) in [6.45, 7) is 6.45. The van der Waals surface area contributed by atoms with Crippen LogP contribution in [0.15, 0.2) is 77.7 Å². The van der Waals surface area contributed by atoms with Gasteiger partial charge >= 0.3 is 0 Å². The van der Waals surface area contributed by atoms with Gasteiger partial charge in [-0.05, 0) is 47.4 Å². The highest BCUT2D eigenvalue weighted by Gasteiger charge is 2.28. The average Bonchev–Trinajstić information content (AvgIpc) is 2.89. The first kappa shape index (κ1) is 27.9. The molecule has 0 spiro atoms. The van der Waals surface area contributed by atoms with Crippen molar-refractivity contribution in [3.05, 3.63) is 78.4 Å². The zero-order valence-corrected chi connectivity index (χ0v) is 22.7. The highest BCUT2D eigenvalue weighted by atomic mass is 32.2. The van der Waals surface area contributed by atoms with E-state index in [1.165, 1.54) is 38.0 Å². The van der Waals surface area contributed by atoms with E-state index in [-0.39, 0.29) is 29.1 Å². The fourth-order valence-corrected chi connectivity index (χ4v) is 5.05. The van der Waals surface area contributed by atoms with Crippen LogP contribution in [-0.2, 0) is 20.2 Å². The molecule has 0 atom stereocenters. The number of carbonyl (C=O) groups is 1. The first-order chi connectivity index (χ1) is 17.6. The molecule has 0 bridgehead atoms. The molecule has 9 heteroatoms. The van der Waals surface area contributed by atoms with E-state index < -0.39 is 22.5 Å². The normalized spacial score (nSPS) is 11.5. The zero-order chi connectivity index (χ0) is 27.1. The van der Waals surface area contributed by atoms with Crippen LogP contribution in [-0.4, -0.2) is 48.2 Å². The van der Waals surface area contributed by atoms with Crippen molar-refractivity contribution in [1.82, 2.24) is 5.32 Å². The lowest BCUT2D eigenvalue weighted by molar-refractivity contribution is -0.119. The lowest BCUT2D eigenvalue weighted by atomic mass is 9.87. The summed E-state index contributed by atoms with van der Waals surface area (Å²) in [5.74, 6) is 1.02. The van der Waals surface area contributed by atoms with E-state index in [0.29, 0.717) is 17.2 Å². The molecule has 0 fully saturated rings. The number of amides is 1. The number of nitrogens with zero attached hydrogens (tertiary/aromatic N) is 1. The monoisotopic (exact) mass is 526 g/mol. The van der Waals surface area contributed by atoms with Gasteiger partial charge in [-0.15, -0.1) is 0 Å². The van der Waals surface area contributed by atoms with Gasteiger partial charge in [-0.1, -0.05) is 51.1 Å². The van der Waals surface area contributed by atoms with Crippen LogP contribution in [0.3, 0.4) is 0 Å². The smallest absolute Gasteiger partial charge is 0.264 e. The second-order valence-corrected chi connectivity index (χ2v) is 11.2. The van der Waals surface area contributed by atoms with Gasteiger partial charge in [-0.3, -0.25) is 9.10 Å². The Morgan fingerprint density at radius 1 is 0.892 bits per heavy atom. The Balaban J connectivity index is 1.71. The van der Waals surface area contributed by atoms with Gasteiger partial charge in [0, 0.05) is 6.07 Å². The molecule has 0 saturated carbocycles. The third-order valence-electron chi connectivity index (χ3n) is 5.69. The number of hydrogen-bond acceptors (Lipinski definition) is 6. The molecule has 0 heterocycles. The Labute approximate surface area is 219 Å². The quantitative estimate of drug-likeness (QED) is 0.373. The van der Waals surface area contributed by atoms with Crippen molar-refractivity contribution in [2.45, 2.75) is 31.1 Å². The number of hydrogen-bond donors (Lipinski definition) is 1. The van der Waals surface area contributed by atoms with Crippen molar-refractivity contribution in [3.63, 3.8) is 0 Å². The first-order valence-electron chi connectivity index (χ1n) is 11.9. The van der Waals surface area contributed by atoms with Crippen molar-refractivity contribution in [3.8, 4) is 17.2 Å². The maximum absolute atomic E-state index is 13.5. The van der Waals surface area contributed by atoms with Gasteiger partial charge in [0.15, 0.2) is 11.5 Å². The molecule has 0 aliphatic rings. The molecule has 0 aliphatic carbocycles. The standard InChI is InChI=1S/C28H34N2O6S/c1-28(2,3)21-11-14-23(15-12-21)36-18-17-29-27(31)20-30(37(32,33)24-9-7-6-8-10-24)22-13-16-25(34-4)26(19-22)35-5/h6-16,19H,17-18,20H2,1-5H3,(H,29,31). The second kappa shape index (κ2) is 12.0. The predicted octanol–water partition coefficient (Wildman–Crippen LogP) is 4.39. The number of methoxy groups -OCH3 is 2. The minimum Gasteiger partial charge on any atom is -0.493 e. The van der Waals surface area contributed by atoms with E-state index in [2.05, 4.69) is 26.1 Å². The highest BCUT2D eigenvalue weighted by molar-refractivity contribution is 7.92. The summed E-state index contributed by atoms with van der Waals surface area (Å²) in [7, 11) is -1.09. The van der Waals surface area contributed by atoms with Gasteiger partial charge in [0.2, 0.25) is 5.91 Å². The zero-order valence-electron chi connectivity index (χ0n) is 21.9. The molecule has 0 unspecified atom stereocenters. The van der Waals surface area contributed by atoms with Crippen LogP contribution in [0, 0.1) is 0 Å². The topological polar surface area (TPSA) is 94.2 Å². The van der Waals surface area contributed by atoms with Crippen molar-refractivity contribution < 1.29 is 27.4 Å². The Morgan fingerprint density at radius 3 is 2.14 bits per heavy atom. The van der Waals surface area contributed by atoms with Crippen molar-refractivity contribution in [2.24, 2.45) is 0 Å². The van der Waals surface area contributed by atoms with Crippen LogP contribution in [0.1, 0.15) is 26.3 Å². The molecule has 0 aromatic heterocycles. The Hall–Kier alpha value is -3.72. The maximum Gasteiger partial charge on any atom is 0.264 e. The first-order valence-corrected chi connectivity index (χ1v) is 13.3. The summed E-state index contributed by atoms with van der Waals surface area (Å²) < 4.78 is 44.3. The number of carbonyl (C=O) groups excluding carboxylic acids is 1. The molecule has 0 radical (unpaired) electrons. The van der Waals surface area contributed by atoms with E-state index in [1.807, 2.05) is 24.3 Å². The van der Waals surface area contributed by atoms with Gasteiger partial charge in [0.25, 0.3) is 10.0 Å². The molecule has 198 valence electrons. The number of nitrogens with one attached hydrogen (secondary N) is 1. The third kappa shape index (κ3) is 7.16. The van der Waals surface area contributed by atoms with Crippen LogP contribution in [0.2, 0.25) is 0 Å². The SMILES string of the molecule is COc1ccc(N(CC(=O)NCCOc2ccc(C(C)(C)C)cc2)S(=O)(=O)c2ccccc2)cc1OC. The molecule has 3 aromatic carbocycles. The largest absolute Gasteiger partial charge is 0.493 e. The minimum atomic E-state index is -4.04. The fraction of sp³-hybridized carbons (Fsp3) is 0.321. The molecular weight excluding hydrogens is 492 g/mol. The summed E-state index contributed by atoms with van der Waals surface area (Å²) in [5.41, 5.74) is 1.52. The summed E-state index contributed by atoms with van der Waals surface area (Å²) in [6.07, 6.45) is 0. The number of sulfonamides is 1. The molecule has 3 rings (SSSR count). The van der Waals surface area contributed by atoms with Crippen LogP contribution in [0.25, 0.3) is 0 Å². The molecule has 0 aliphatic heterocycles. The van der Waals surface area contributed by atoms with E-state index >= 15 is 0 Å². The van der Waals surface area contributed by atoms with Gasteiger partial charge in [-0.25, -0.2) is 8.42 Å². The molecular formula is C28H34N2O6S. The van der Waals surface area contributed by atoms with Crippen LogP contribution < -0.4 is 23.8 Å². The van der Waals surface area contributed by atoms with E-state index in [9.17, 15) is 13.2 Å². The van der Waals surface area contributed by atoms with Gasteiger partial charge in [0.05, 0.1) is 31.3 Å². The lowest BCUT2D eigenvalue weighted by Crippen LogP contribution is -2.41. The summed E-state index contributed by atoms with van der Waals surface area (Å²) in [6, 6.07) is 20.5. The number of anilines is 1. The maximum atomic E-state index is 13.5. The molecule has 37 heavy (non-hydrogen) atoms. The van der Waals surface area contributed by atoms with Crippen molar-refractivity contribution >= 4 is 21.6 Å².